The summed E-state index contributed by atoms with van der Waals surface area (Å²) >= 11 is 0. The van der Waals surface area contributed by atoms with Crippen LogP contribution in [0.2, 0.25) is 0 Å². The molecule has 10 nitrogen and oxygen atoms in total. The van der Waals surface area contributed by atoms with Gasteiger partial charge in [0.2, 0.25) is 0 Å². The third kappa shape index (κ3) is 9.95. The highest BCUT2D eigenvalue weighted by atomic mass is 16.5. The SMILES string of the molecule is C[C@H](CO)N1C[C@H](C)[C@H](CN(C)Cc2ccc(C(=O)Nc3ccccc3N)cc2)OCCCC[C@H](C)Oc2ccc(N(C)C)cc2C1=O. The van der Waals surface area contributed by atoms with Gasteiger partial charge < -0.3 is 35.4 Å². The number of nitrogens with two attached hydrogens (primary N) is 1. The lowest BCUT2D eigenvalue weighted by Gasteiger charge is -2.36. The molecule has 48 heavy (non-hydrogen) atoms. The Hall–Kier alpha value is -4.12. The van der Waals surface area contributed by atoms with E-state index >= 15 is 0 Å². The maximum Gasteiger partial charge on any atom is 0.258 e. The van der Waals surface area contributed by atoms with Crippen LogP contribution in [0.4, 0.5) is 17.1 Å². The molecule has 3 aromatic rings. The molecule has 0 bridgehead atoms. The second-order valence-electron chi connectivity index (χ2n) is 13.3. The number of amides is 2. The zero-order chi connectivity index (χ0) is 34.8. The van der Waals surface area contributed by atoms with Gasteiger partial charge in [-0.05, 0) is 88.2 Å². The maximum atomic E-state index is 14.2. The first-order chi connectivity index (χ1) is 23.0. The van der Waals surface area contributed by atoms with Gasteiger partial charge in [0.15, 0.2) is 0 Å². The van der Waals surface area contributed by atoms with E-state index in [1.165, 1.54) is 0 Å². The fourth-order valence-corrected chi connectivity index (χ4v) is 5.90. The Balaban J connectivity index is 1.49. The van der Waals surface area contributed by atoms with Gasteiger partial charge >= 0.3 is 0 Å². The smallest absolute Gasteiger partial charge is 0.258 e. The van der Waals surface area contributed by atoms with E-state index in [2.05, 4.69) is 24.2 Å². The van der Waals surface area contributed by atoms with Crippen LogP contribution in [0.5, 0.6) is 5.75 Å². The summed E-state index contributed by atoms with van der Waals surface area (Å²) in [5.41, 5.74) is 10.1. The monoisotopic (exact) mass is 659 g/mol. The number of hydrogen-bond donors (Lipinski definition) is 3. The van der Waals surface area contributed by atoms with E-state index in [1.54, 1.807) is 17.0 Å². The van der Waals surface area contributed by atoms with Gasteiger partial charge in [-0.15, -0.1) is 0 Å². The molecule has 0 aromatic heterocycles. The molecular weight excluding hydrogens is 606 g/mol. The van der Waals surface area contributed by atoms with E-state index in [1.807, 2.05) is 87.4 Å². The number of aliphatic hydroxyl groups is 1. The van der Waals surface area contributed by atoms with E-state index in [9.17, 15) is 14.7 Å². The van der Waals surface area contributed by atoms with Crippen molar-refractivity contribution in [3.05, 3.63) is 83.4 Å². The molecule has 10 heteroatoms. The second kappa shape index (κ2) is 17.3. The fraction of sp³-hybridized carbons (Fsp3) is 0.474. The van der Waals surface area contributed by atoms with Gasteiger partial charge in [0.1, 0.15) is 5.75 Å². The summed E-state index contributed by atoms with van der Waals surface area (Å²) in [4.78, 5) is 33.0. The molecule has 0 saturated carbocycles. The highest BCUT2D eigenvalue weighted by Crippen LogP contribution is 2.29. The zero-order valence-corrected chi connectivity index (χ0v) is 29.3. The minimum Gasteiger partial charge on any atom is -0.490 e. The summed E-state index contributed by atoms with van der Waals surface area (Å²) in [6.07, 6.45) is 2.48. The van der Waals surface area contributed by atoms with E-state index in [4.69, 9.17) is 15.2 Å². The number of rotatable bonds is 9. The Morgan fingerprint density at radius 1 is 1.06 bits per heavy atom. The van der Waals surface area contributed by atoms with Crippen LogP contribution in [0.3, 0.4) is 0 Å². The number of hydrogen-bond acceptors (Lipinski definition) is 8. The molecule has 0 aliphatic carbocycles. The Labute approximate surface area is 285 Å². The molecule has 0 spiro atoms. The highest BCUT2D eigenvalue weighted by Gasteiger charge is 2.30. The number of carbonyl (C=O) groups excluding carboxylic acids is 2. The number of para-hydroxylation sites is 2. The minimum atomic E-state index is -0.395. The summed E-state index contributed by atoms with van der Waals surface area (Å²) in [6, 6.07) is 20.1. The Bertz CT molecular complexity index is 1500. The van der Waals surface area contributed by atoms with Crippen molar-refractivity contribution in [3.63, 3.8) is 0 Å². The van der Waals surface area contributed by atoms with Gasteiger partial charge in [-0.2, -0.15) is 0 Å². The maximum absolute atomic E-state index is 14.2. The van der Waals surface area contributed by atoms with Gasteiger partial charge in [-0.3, -0.25) is 14.5 Å². The van der Waals surface area contributed by atoms with E-state index in [0.717, 1.165) is 30.5 Å². The molecular formula is C38H53N5O5. The third-order valence-electron chi connectivity index (χ3n) is 8.92. The Kier molecular flexibility index (Phi) is 13.3. The lowest BCUT2D eigenvalue weighted by molar-refractivity contribution is -0.0177. The van der Waals surface area contributed by atoms with Crippen LogP contribution in [0, 0.1) is 5.92 Å². The quantitative estimate of drug-likeness (QED) is 0.257. The van der Waals surface area contributed by atoms with Crippen LogP contribution in [0.1, 0.15) is 66.3 Å². The van der Waals surface area contributed by atoms with Crippen molar-refractivity contribution >= 4 is 28.9 Å². The van der Waals surface area contributed by atoms with Crippen molar-refractivity contribution < 1.29 is 24.2 Å². The molecule has 0 saturated heterocycles. The number of nitrogens with zero attached hydrogens (tertiary/aromatic N) is 3. The molecule has 1 heterocycles. The van der Waals surface area contributed by atoms with Crippen LogP contribution in [-0.2, 0) is 11.3 Å². The topological polar surface area (TPSA) is 121 Å². The number of carbonyl (C=O) groups is 2. The highest BCUT2D eigenvalue weighted by molar-refractivity contribution is 6.05. The minimum absolute atomic E-state index is 0.0230. The van der Waals surface area contributed by atoms with E-state index < -0.39 is 6.04 Å². The van der Waals surface area contributed by atoms with Gasteiger partial charge in [0, 0.05) is 57.5 Å². The summed E-state index contributed by atoms with van der Waals surface area (Å²) in [7, 11) is 5.94. The number of aliphatic hydroxyl groups excluding tert-OH is 1. The first kappa shape index (κ1) is 36.7. The molecule has 2 amide bonds. The molecule has 0 fully saturated rings. The van der Waals surface area contributed by atoms with Crippen LogP contribution in [-0.4, -0.2) is 92.4 Å². The number of nitrogen functional groups attached to an aromatic ring is 1. The number of anilines is 3. The number of ether oxygens (including phenoxy) is 2. The first-order valence-electron chi connectivity index (χ1n) is 16.9. The fourth-order valence-electron chi connectivity index (χ4n) is 5.90. The normalized spacial score (nSPS) is 20.0. The molecule has 3 aromatic carbocycles. The van der Waals surface area contributed by atoms with Crippen molar-refractivity contribution in [2.75, 3.05) is 63.4 Å². The molecule has 4 rings (SSSR count). The summed E-state index contributed by atoms with van der Waals surface area (Å²) < 4.78 is 12.8. The Morgan fingerprint density at radius 2 is 1.79 bits per heavy atom. The summed E-state index contributed by atoms with van der Waals surface area (Å²) in [5, 5.41) is 13.1. The second-order valence-corrected chi connectivity index (χ2v) is 13.3. The lowest BCUT2D eigenvalue weighted by Crippen LogP contribution is -2.47. The molecule has 260 valence electrons. The lowest BCUT2D eigenvalue weighted by atomic mass is 10.0. The first-order valence-corrected chi connectivity index (χ1v) is 16.9. The zero-order valence-electron chi connectivity index (χ0n) is 29.3. The van der Waals surface area contributed by atoms with E-state index in [0.29, 0.717) is 54.5 Å². The van der Waals surface area contributed by atoms with Gasteiger partial charge in [0.05, 0.1) is 41.8 Å². The molecule has 1 aliphatic rings. The van der Waals surface area contributed by atoms with Gasteiger partial charge in [-0.25, -0.2) is 0 Å². The van der Waals surface area contributed by atoms with Crippen LogP contribution < -0.4 is 20.7 Å². The molecule has 1 aliphatic heterocycles. The number of benzene rings is 3. The Morgan fingerprint density at radius 3 is 2.48 bits per heavy atom. The molecule has 4 N–H and O–H groups in total. The average molecular weight is 660 g/mol. The largest absolute Gasteiger partial charge is 0.490 e. The number of likely N-dealkylation sites (N-methyl/N-ethyl adjacent to an activating group) is 1. The van der Waals surface area contributed by atoms with Crippen LogP contribution in [0.15, 0.2) is 66.7 Å². The standard InChI is InChI=1S/C38H53N5O5/c1-26-22-43(27(2)25-44)38(46)32-21-31(41(4)5)18-19-35(32)48-28(3)11-9-10-20-47-36(26)24-42(6)23-29-14-16-30(17-15-29)37(45)40-34-13-8-7-12-33(34)39/h7-8,12-19,21,26-28,36,44H,9-11,20,22-25,39H2,1-6H3,(H,40,45)/t26-,27+,28-,36-/m0/s1. The molecule has 0 radical (unpaired) electrons. The van der Waals surface area contributed by atoms with E-state index in [-0.39, 0.29) is 36.5 Å². The van der Waals surface area contributed by atoms with Crippen molar-refractivity contribution in [1.29, 1.82) is 0 Å². The van der Waals surface area contributed by atoms with Crippen molar-refractivity contribution in [2.45, 2.75) is 64.8 Å². The van der Waals surface area contributed by atoms with Crippen LogP contribution in [0.25, 0.3) is 0 Å². The molecule has 4 atom stereocenters. The number of fused-ring (bicyclic) bond motifs is 1. The van der Waals surface area contributed by atoms with Gasteiger partial charge in [0.25, 0.3) is 11.8 Å². The summed E-state index contributed by atoms with van der Waals surface area (Å²) in [6.45, 7) is 8.18. The summed E-state index contributed by atoms with van der Waals surface area (Å²) in [5.74, 6) is 0.161. The van der Waals surface area contributed by atoms with Crippen molar-refractivity contribution in [3.8, 4) is 5.75 Å². The van der Waals surface area contributed by atoms with Crippen molar-refractivity contribution in [1.82, 2.24) is 9.80 Å². The third-order valence-corrected chi connectivity index (χ3v) is 8.92. The van der Waals surface area contributed by atoms with Crippen molar-refractivity contribution in [2.24, 2.45) is 5.92 Å². The van der Waals surface area contributed by atoms with Crippen LogP contribution >= 0.6 is 0 Å². The predicted octanol–water partition coefficient (Wildman–Crippen LogP) is 5.51. The molecule has 0 unspecified atom stereocenters. The van der Waals surface area contributed by atoms with Gasteiger partial charge in [-0.1, -0.05) is 31.2 Å². The predicted molar refractivity (Wildman–Crippen MR) is 193 cm³/mol. The average Bonchev–Trinajstić information content (AvgIpc) is 3.06. The number of nitrogens with one attached hydrogen (secondary N) is 1.